The van der Waals surface area contributed by atoms with E-state index in [1.165, 1.54) is 0 Å². The highest BCUT2D eigenvalue weighted by molar-refractivity contribution is 5.91. The van der Waals surface area contributed by atoms with Gasteiger partial charge in [0.25, 0.3) is 0 Å². The predicted octanol–water partition coefficient (Wildman–Crippen LogP) is 3.34. The lowest BCUT2D eigenvalue weighted by Gasteiger charge is -2.10. The average molecular weight is 232 g/mol. The second-order valence-corrected chi connectivity index (χ2v) is 3.66. The van der Waals surface area contributed by atoms with E-state index < -0.39 is 0 Å². The predicted molar refractivity (Wildman–Crippen MR) is 68.0 cm³/mol. The first-order chi connectivity index (χ1) is 8.26. The topological polar surface area (TPSA) is 38.7 Å². The molecular formula is C14H16O3. The summed E-state index contributed by atoms with van der Waals surface area (Å²) < 4.78 is 10.9. The molecular weight excluding hydrogens is 216 g/mol. The Labute approximate surface area is 101 Å². The van der Waals surface area contributed by atoms with Crippen LogP contribution in [-0.2, 0) is 0 Å². The second kappa shape index (κ2) is 4.95. The Morgan fingerprint density at radius 1 is 1.00 bits per heavy atom. The third-order valence-electron chi connectivity index (χ3n) is 2.52. The normalized spacial score (nSPS) is 10.5. The molecule has 0 radical (unpaired) electrons. The third kappa shape index (κ3) is 2.28. The van der Waals surface area contributed by atoms with Crippen LogP contribution in [0.2, 0.25) is 0 Å². The smallest absolute Gasteiger partial charge is 0.168 e. The average Bonchev–Trinajstić information content (AvgIpc) is 2.33. The van der Waals surface area contributed by atoms with E-state index in [0.717, 1.165) is 16.5 Å². The van der Waals surface area contributed by atoms with Crippen LogP contribution in [0.15, 0.2) is 30.3 Å². The first-order valence-corrected chi connectivity index (χ1v) is 5.77. The summed E-state index contributed by atoms with van der Waals surface area (Å²) in [4.78, 5) is 0. The van der Waals surface area contributed by atoms with Gasteiger partial charge >= 0.3 is 0 Å². The van der Waals surface area contributed by atoms with Crippen LogP contribution in [-0.4, -0.2) is 18.3 Å². The van der Waals surface area contributed by atoms with Gasteiger partial charge in [-0.15, -0.1) is 0 Å². The SMILES string of the molecule is CCOc1ccc2c(OCC)c(O)ccc2c1. The zero-order chi connectivity index (χ0) is 12.3. The molecule has 0 spiro atoms. The maximum atomic E-state index is 9.76. The lowest BCUT2D eigenvalue weighted by atomic mass is 10.1. The van der Waals surface area contributed by atoms with Crippen molar-refractivity contribution in [3.8, 4) is 17.2 Å². The number of phenols is 1. The minimum Gasteiger partial charge on any atom is -0.504 e. The Kier molecular flexibility index (Phi) is 3.38. The van der Waals surface area contributed by atoms with E-state index in [2.05, 4.69) is 0 Å². The first kappa shape index (κ1) is 11.6. The summed E-state index contributed by atoms with van der Waals surface area (Å²) in [5.74, 6) is 1.53. The van der Waals surface area contributed by atoms with E-state index >= 15 is 0 Å². The van der Waals surface area contributed by atoms with Crippen LogP contribution >= 0.6 is 0 Å². The van der Waals surface area contributed by atoms with Crippen molar-refractivity contribution >= 4 is 10.8 Å². The maximum absolute atomic E-state index is 9.76. The van der Waals surface area contributed by atoms with E-state index in [1.807, 2.05) is 38.1 Å². The lowest BCUT2D eigenvalue weighted by Crippen LogP contribution is -1.94. The van der Waals surface area contributed by atoms with Crippen molar-refractivity contribution in [2.75, 3.05) is 13.2 Å². The van der Waals surface area contributed by atoms with E-state index in [0.29, 0.717) is 19.0 Å². The highest BCUT2D eigenvalue weighted by Gasteiger charge is 2.08. The maximum Gasteiger partial charge on any atom is 0.168 e. The molecule has 3 heteroatoms. The minimum absolute atomic E-state index is 0.170. The Hall–Kier alpha value is -1.90. The van der Waals surface area contributed by atoms with Crippen LogP contribution < -0.4 is 9.47 Å². The van der Waals surface area contributed by atoms with Crippen molar-refractivity contribution in [2.24, 2.45) is 0 Å². The van der Waals surface area contributed by atoms with Gasteiger partial charge in [-0.05, 0) is 43.5 Å². The molecule has 2 aromatic rings. The lowest BCUT2D eigenvalue weighted by molar-refractivity contribution is 0.322. The second-order valence-electron chi connectivity index (χ2n) is 3.66. The molecule has 0 saturated heterocycles. The molecule has 0 aromatic heterocycles. The van der Waals surface area contributed by atoms with Crippen molar-refractivity contribution in [2.45, 2.75) is 13.8 Å². The molecule has 1 N–H and O–H groups in total. The van der Waals surface area contributed by atoms with Crippen LogP contribution in [0.3, 0.4) is 0 Å². The summed E-state index contributed by atoms with van der Waals surface area (Å²) in [6.07, 6.45) is 0. The largest absolute Gasteiger partial charge is 0.504 e. The van der Waals surface area contributed by atoms with Crippen LogP contribution in [0.25, 0.3) is 10.8 Å². The minimum atomic E-state index is 0.170. The van der Waals surface area contributed by atoms with Crippen molar-refractivity contribution in [3.05, 3.63) is 30.3 Å². The summed E-state index contributed by atoms with van der Waals surface area (Å²) in [5.41, 5.74) is 0. The van der Waals surface area contributed by atoms with Gasteiger partial charge in [-0.2, -0.15) is 0 Å². The molecule has 0 fully saturated rings. The van der Waals surface area contributed by atoms with Crippen LogP contribution in [0.4, 0.5) is 0 Å². The molecule has 2 aromatic carbocycles. The highest BCUT2D eigenvalue weighted by Crippen LogP contribution is 2.36. The summed E-state index contributed by atoms with van der Waals surface area (Å²) in [6.45, 7) is 5.02. The molecule has 3 nitrogen and oxygen atoms in total. The van der Waals surface area contributed by atoms with Gasteiger partial charge in [0.15, 0.2) is 11.5 Å². The monoisotopic (exact) mass is 232 g/mol. The van der Waals surface area contributed by atoms with Gasteiger partial charge < -0.3 is 14.6 Å². The van der Waals surface area contributed by atoms with Crippen molar-refractivity contribution in [3.63, 3.8) is 0 Å². The third-order valence-corrected chi connectivity index (χ3v) is 2.52. The molecule has 0 aliphatic heterocycles. The number of benzene rings is 2. The van der Waals surface area contributed by atoms with Gasteiger partial charge in [-0.25, -0.2) is 0 Å². The number of hydrogen-bond donors (Lipinski definition) is 1. The molecule has 0 aliphatic carbocycles. The van der Waals surface area contributed by atoms with Crippen molar-refractivity contribution in [1.82, 2.24) is 0 Å². The number of fused-ring (bicyclic) bond motifs is 1. The Morgan fingerprint density at radius 2 is 1.76 bits per heavy atom. The van der Waals surface area contributed by atoms with Gasteiger partial charge in [0, 0.05) is 5.39 Å². The number of aromatic hydroxyl groups is 1. The van der Waals surface area contributed by atoms with Gasteiger partial charge in [-0.1, -0.05) is 6.07 Å². The van der Waals surface area contributed by atoms with Crippen molar-refractivity contribution in [1.29, 1.82) is 0 Å². The standard InChI is InChI=1S/C14H16O3/c1-3-16-11-6-7-12-10(9-11)5-8-13(15)14(12)17-4-2/h5-9,15H,3-4H2,1-2H3. The van der Waals surface area contributed by atoms with Gasteiger partial charge in [0.05, 0.1) is 13.2 Å². The molecule has 90 valence electrons. The van der Waals surface area contributed by atoms with Gasteiger partial charge in [-0.3, -0.25) is 0 Å². The number of ether oxygens (including phenoxy) is 2. The summed E-state index contributed by atoms with van der Waals surface area (Å²) >= 11 is 0. The highest BCUT2D eigenvalue weighted by atomic mass is 16.5. The molecule has 0 unspecified atom stereocenters. The van der Waals surface area contributed by atoms with Gasteiger partial charge in [0.1, 0.15) is 5.75 Å². The number of phenolic OH excluding ortho intramolecular Hbond substituents is 1. The van der Waals surface area contributed by atoms with Crippen molar-refractivity contribution < 1.29 is 14.6 Å². The zero-order valence-corrected chi connectivity index (χ0v) is 10.1. The molecule has 0 aliphatic rings. The fourth-order valence-electron chi connectivity index (χ4n) is 1.82. The quantitative estimate of drug-likeness (QED) is 0.878. The Balaban J connectivity index is 2.54. The molecule has 0 amide bonds. The number of hydrogen-bond acceptors (Lipinski definition) is 3. The van der Waals surface area contributed by atoms with Crippen LogP contribution in [0.5, 0.6) is 17.2 Å². The summed E-state index contributed by atoms with van der Waals surface area (Å²) in [6, 6.07) is 9.23. The molecule has 0 saturated carbocycles. The molecule has 0 bridgehead atoms. The fraction of sp³-hybridized carbons (Fsp3) is 0.286. The molecule has 0 atom stereocenters. The molecule has 17 heavy (non-hydrogen) atoms. The Morgan fingerprint density at radius 3 is 2.47 bits per heavy atom. The summed E-state index contributed by atoms with van der Waals surface area (Å²) in [7, 11) is 0. The number of rotatable bonds is 4. The zero-order valence-electron chi connectivity index (χ0n) is 10.1. The van der Waals surface area contributed by atoms with Crippen LogP contribution in [0, 0.1) is 0 Å². The molecule has 0 heterocycles. The molecule has 2 rings (SSSR count). The van der Waals surface area contributed by atoms with E-state index in [9.17, 15) is 5.11 Å². The first-order valence-electron chi connectivity index (χ1n) is 5.77. The van der Waals surface area contributed by atoms with E-state index in [4.69, 9.17) is 9.47 Å². The Bertz CT molecular complexity index is 520. The van der Waals surface area contributed by atoms with E-state index in [-0.39, 0.29) is 5.75 Å². The van der Waals surface area contributed by atoms with Gasteiger partial charge in [0.2, 0.25) is 0 Å². The van der Waals surface area contributed by atoms with E-state index in [1.54, 1.807) is 6.07 Å². The fourth-order valence-corrected chi connectivity index (χ4v) is 1.82. The summed E-state index contributed by atoms with van der Waals surface area (Å²) in [5, 5.41) is 11.7. The van der Waals surface area contributed by atoms with Crippen LogP contribution in [0.1, 0.15) is 13.8 Å².